The predicted molar refractivity (Wildman–Crippen MR) is 160 cm³/mol. The summed E-state index contributed by atoms with van der Waals surface area (Å²) >= 11 is 0. The number of hydrogen-bond acceptors (Lipinski definition) is 5. The lowest BCUT2D eigenvalue weighted by Gasteiger charge is -2.33. The van der Waals surface area contributed by atoms with Gasteiger partial charge in [0.15, 0.2) is 0 Å². The average Bonchev–Trinajstić information content (AvgIpc) is 3.52. The van der Waals surface area contributed by atoms with E-state index in [9.17, 15) is 18.0 Å². The molecule has 1 aliphatic rings. The number of nitrogens with one attached hydrogen (secondary N) is 1. The summed E-state index contributed by atoms with van der Waals surface area (Å²) in [6.07, 6.45) is 4.55. The molecule has 41 heavy (non-hydrogen) atoms. The lowest BCUT2D eigenvalue weighted by molar-refractivity contribution is -0.139. The fraction of sp³-hybridized carbons (Fsp3) is 0.375. The van der Waals surface area contributed by atoms with E-state index in [2.05, 4.69) is 5.32 Å². The lowest BCUT2D eigenvalue weighted by Crippen LogP contribution is -2.52. The summed E-state index contributed by atoms with van der Waals surface area (Å²) in [7, 11) is -2.51. The van der Waals surface area contributed by atoms with E-state index >= 15 is 0 Å². The summed E-state index contributed by atoms with van der Waals surface area (Å²) in [4.78, 5) is 29.0. The fourth-order valence-electron chi connectivity index (χ4n) is 5.19. The van der Waals surface area contributed by atoms with Crippen molar-refractivity contribution < 1.29 is 22.7 Å². The molecule has 1 atom stereocenters. The van der Waals surface area contributed by atoms with Crippen LogP contribution in [-0.2, 0) is 32.6 Å². The highest BCUT2D eigenvalue weighted by Crippen LogP contribution is 2.28. The summed E-state index contributed by atoms with van der Waals surface area (Å²) < 4.78 is 34.4. The van der Waals surface area contributed by atoms with Gasteiger partial charge in [0, 0.05) is 12.6 Å². The number of para-hydroxylation sites is 1. The number of aryl methyl sites for hydroxylation is 1. The molecule has 2 amide bonds. The molecule has 1 N–H and O–H groups in total. The Morgan fingerprint density at radius 3 is 2.22 bits per heavy atom. The summed E-state index contributed by atoms with van der Waals surface area (Å²) in [6, 6.07) is 21.8. The molecule has 0 saturated heterocycles. The van der Waals surface area contributed by atoms with Gasteiger partial charge in [-0.15, -0.1) is 0 Å². The van der Waals surface area contributed by atoms with Crippen LogP contribution in [0.5, 0.6) is 5.75 Å². The van der Waals surface area contributed by atoms with Gasteiger partial charge in [-0.1, -0.05) is 68.3 Å². The summed E-state index contributed by atoms with van der Waals surface area (Å²) in [6.45, 7) is 3.32. The Morgan fingerprint density at radius 2 is 1.59 bits per heavy atom. The minimum Gasteiger partial charge on any atom is -0.497 e. The van der Waals surface area contributed by atoms with Gasteiger partial charge in [0.05, 0.1) is 17.7 Å². The number of hydrogen-bond donors (Lipinski definition) is 1. The smallest absolute Gasteiger partial charge is 0.264 e. The second-order valence-electron chi connectivity index (χ2n) is 10.3. The molecular weight excluding hydrogens is 538 g/mol. The number of carbonyl (C=O) groups is 2. The standard InChI is InChI=1S/C32H39N3O5S/c1-4-26-12-8-11-17-30(26)35(41(38,39)29-15-6-5-7-16-29)23-31(36)34(22-25-18-20-28(40-3)21-19-25)24(2)32(37)33-27-13-9-10-14-27/h5-8,11-12,15-21,24,27H,4,9-10,13-14,22-23H2,1-3H3,(H,33,37)/t24-/m1/s1. The first-order chi connectivity index (χ1) is 19.7. The Hall–Kier alpha value is -3.85. The Bertz CT molecular complexity index is 1420. The zero-order chi connectivity index (χ0) is 29.4. The van der Waals surface area contributed by atoms with Gasteiger partial charge in [0.2, 0.25) is 11.8 Å². The van der Waals surface area contributed by atoms with E-state index in [1.807, 2.05) is 31.2 Å². The number of ether oxygens (including phenoxy) is 1. The largest absolute Gasteiger partial charge is 0.497 e. The van der Waals surface area contributed by atoms with Gasteiger partial charge in [-0.3, -0.25) is 13.9 Å². The molecule has 3 aromatic rings. The van der Waals surface area contributed by atoms with Crippen LogP contribution in [0.1, 0.15) is 50.7 Å². The van der Waals surface area contributed by atoms with Crippen molar-refractivity contribution in [3.8, 4) is 5.75 Å². The van der Waals surface area contributed by atoms with Gasteiger partial charge in [-0.05, 0) is 67.6 Å². The molecule has 218 valence electrons. The monoisotopic (exact) mass is 577 g/mol. The average molecular weight is 578 g/mol. The molecule has 0 spiro atoms. The molecule has 9 heteroatoms. The molecular formula is C32H39N3O5S. The van der Waals surface area contributed by atoms with Crippen molar-refractivity contribution in [1.82, 2.24) is 10.2 Å². The van der Waals surface area contributed by atoms with Crippen molar-refractivity contribution in [3.63, 3.8) is 0 Å². The highest BCUT2D eigenvalue weighted by atomic mass is 32.2. The second kappa shape index (κ2) is 13.7. The van der Waals surface area contributed by atoms with Crippen molar-refractivity contribution in [1.29, 1.82) is 0 Å². The molecule has 0 bridgehead atoms. The van der Waals surface area contributed by atoms with Crippen LogP contribution in [0.25, 0.3) is 0 Å². The first-order valence-electron chi connectivity index (χ1n) is 14.1. The molecule has 3 aromatic carbocycles. The lowest BCUT2D eigenvalue weighted by atomic mass is 10.1. The minimum absolute atomic E-state index is 0.0902. The van der Waals surface area contributed by atoms with Crippen LogP contribution in [-0.4, -0.2) is 50.9 Å². The topological polar surface area (TPSA) is 96.0 Å². The molecule has 0 aromatic heterocycles. The number of carbonyl (C=O) groups excluding carboxylic acids is 2. The maximum Gasteiger partial charge on any atom is 0.264 e. The summed E-state index contributed by atoms with van der Waals surface area (Å²) in [5, 5.41) is 3.09. The van der Waals surface area contributed by atoms with E-state index < -0.39 is 28.5 Å². The van der Waals surface area contributed by atoms with Crippen LogP contribution in [0.3, 0.4) is 0 Å². The van der Waals surface area contributed by atoms with Crippen LogP contribution in [0, 0.1) is 0 Å². The molecule has 0 radical (unpaired) electrons. The first-order valence-corrected chi connectivity index (χ1v) is 15.6. The van der Waals surface area contributed by atoms with E-state index in [1.165, 1.54) is 21.3 Å². The number of nitrogens with zero attached hydrogens (tertiary/aromatic N) is 2. The number of amides is 2. The van der Waals surface area contributed by atoms with Crippen LogP contribution < -0.4 is 14.4 Å². The highest BCUT2D eigenvalue weighted by Gasteiger charge is 2.34. The quantitative estimate of drug-likeness (QED) is 0.329. The van der Waals surface area contributed by atoms with E-state index in [1.54, 1.807) is 56.5 Å². The predicted octanol–water partition coefficient (Wildman–Crippen LogP) is 4.93. The van der Waals surface area contributed by atoms with Gasteiger partial charge in [-0.25, -0.2) is 8.42 Å². The Morgan fingerprint density at radius 1 is 0.951 bits per heavy atom. The van der Waals surface area contributed by atoms with E-state index in [0.29, 0.717) is 17.9 Å². The van der Waals surface area contributed by atoms with Gasteiger partial charge >= 0.3 is 0 Å². The van der Waals surface area contributed by atoms with Gasteiger partial charge in [0.1, 0.15) is 18.3 Å². The van der Waals surface area contributed by atoms with Crippen molar-refractivity contribution in [2.45, 2.75) is 69.5 Å². The van der Waals surface area contributed by atoms with Crippen molar-refractivity contribution >= 4 is 27.5 Å². The van der Waals surface area contributed by atoms with Crippen molar-refractivity contribution in [2.24, 2.45) is 0 Å². The maximum absolute atomic E-state index is 14.1. The Balaban J connectivity index is 1.70. The SMILES string of the molecule is CCc1ccccc1N(CC(=O)N(Cc1ccc(OC)cc1)[C@H](C)C(=O)NC1CCCC1)S(=O)(=O)c1ccccc1. The summed E-state index contributed by atoms with van der Waals surface area (Å²) in [5.74, 6) is -0.0413. The molecule has 8 nitrogen and oxygen atoms in total. The fourth-order valence-corrected chi connectivity index (χ4v) is 6.66. The van der Waals surface area contributed by atoms with Gasteiger partial charge in [-0.2, -0.15) is 0 Å². The Labute approximate surface area is 243 Å². The van der Waals surface area contributed by atoms with Crippen LogP contribution >= 0.6 is 0 Å². The molecule has 1 aliphatic carbocycles. The second-order valence-corrected chi connectivity index (χ2v) is 12.2. The van der Waals surface area contributed by atoms with Crippen LogP contribution in [0.15, 0.2) is 83.8 Å². The van der Waals surface area contributed by atoms with Gasteiger partial charge in [0.25, 0.3) is 10.0 Å². The minimum atomic E-state index is -4.09. The molecule has 1 saturated carbocycles. The number of sulfonamides is 1. The van der Waals surface area contributed by atoms with Crippen LogP contribution in [0.2, 0.25) is 0 Å². The van der Waals surface area contributed by atoms with E-state index in [4.69, 9.17) is 4.74 Å². The first kappa shape index (κ1) is 30.1. The van der Waals surface area contributed by atoms with Crippen molar-refractivity contribution in [3.05, 3.63) is 90.0 Å². The third-order valence-corrected chi connectivity index (χ3v) is 9.41. The van der Waals surface area contributed by atoms with E-state index in [0.717, 1.165) is 36.8 Å². The normalized spacial score (nSPS) is 14.3. The molecule has 0 unspecified atom stereocenters. The maximum atomic E-state index is 14.1. The number of anilines is 1. The number of rotatable bonds is 12. The number of methoxy groups -OCH3 is 1. The molecule has 0 aliphatic heterocycles. The molecule has 0 heterocycles. The zero-order valence-electron chi connectivity index (χ0n) is 24.0. The third kappa shape index (κ3) is 7.27. The number of benzene rings is 3. The van der Waals surface area contributed by atoms with Gasteiger partial charge < -0.3 is 15.0 Å². The Kier molecular flexibility index (Phi) is 10.0. The molecule has 1 fully saturated rings. The summed E-state index contributed by atoms with van der Waals surface area (Å²) in [5.41, 5.74) is 2.04. The van der Waals surface area contributed by atoms with Crippen LogP contribution in [0.4, 0.5) is 5.69 Å². The van der Waals surface area contributed by atoms with E-state index in [-0.39, 0.29) is 23.4 Å². The molecule has 4 rings (SSSR count). The third-order valence-electron chi connectivity index (χ3n) is 7.63. The van der Waals surface area contributed by atoms with Crippen molar-refractivity contribution in [2.75, 3.05) is 18.0 Å². The highest BCUT2D eigenvalue weighted by molar-refractivity contribution is 7.92. The zero-order valence-corrected chi connectivity index (χ0v) is 24.8.